The molecule has 1 aliphatic heterocycles. The summed E-state index contributed by atoms with van der Waals surface area (Å²) < 4.78 is 6.26. The Kier molecular flexibility index (Phi) is 4.75. The molecule has 2 aromatic carbocycles. The summed E-state index contributed by atoms with van der Waals surface area (Å²) in [5.41, 5.74) is 3.57. The third kappa shape index (κ3) is 3.15. The Morgan fingerprint density at radius 2 is 1.85 bits per heavy atom. The second-order valence-corrected chi connectivity index (χ2v) is 6.86. The summed E-state index contributed by atoms with van der Waals surface area (Å²) >= 11 is 6.32. The molecule has 5 heteroatoms. The van der Waals surface area contributed by atoms with Gasteiger partial charge in [-0.05, 0) is 56.5 Å². The third-order valence-electron chi connectivity index (χ3n) is 4.87. The first-order valence-corrected chi connectivity index (χ1v) is 9.74. The first-order valence-electron chi connectivity index (χ1n) is 9.37. The quantitative estimate of drug-likeness (QED) is 0.347. The van der Waals surface area contributed by atoms with E-state index in [1.807, 2.05) is 25.1 Å². The number of anilines is 1. The van der Waals surface area contributed by atoms with E-state index in [-0.39, 0.29) is 0 Å². The summed E-state index contributed by atoms with van der Waals surface area (Å²) in [6, 6.07) is 14.3. The van der Waals surface area contributed by atoms with Crippen molar-refractivity contribution in [2.45, 2.75) is 20.8 Å². The van der Waals surface area contributed by atoms with Gasteiger partial charge in [0.25, 0.3) is 0 Å². The maximum absolute atomic E-state index is 6.32. The van der Waals surface area contributed by atoms with Gasteiger partial charge in [-0.2, -0.15) is 0 Å². The van der Waals surface area contributed by atoms with Gasteiger partial charge in [-0.1, -0.05) is 17.7 Å². The highest BCUT2D eigenvalue weighted by molar-refractivity contribution is 6.30. The van der Waals surface area contributed by atoms with Crippen molar-refractivity contribution in [1.29, 1.82) is 0 Å². The molecule has 4 rings (SSSR count). The van der Waals surface area contributed by atoms with Crippen LogP contribution in [0.3, 0.4) is 0 Å². The minimum atomic E-state index is 0.594. The molecular weight excluding hydrogens is 358 g/mol. The summed E-state index contributed by atoms with van der Waals surface area (Å²) in [5, 5.41) is 3.53. The highest BCUT2D eigenvalue weighted by Gasteiger charge is 2.14. The van der Waals surface area contributed by atoms with E-state index in [0.29, 0.717) is 17.3 Å². The number of aromatic nitrogens is 1. The lowest BCUT2D eigenvalue weighted by atomic mass is 10.1. The molecular formula is C22H22ClN3O. The van der Waals surface area contributed by atoms with Gasteiger partial charge in [0.1, 0.15) is 11.2 Å². The number of fused-ring (bicyclic) bond motifs is 4. The van der Waals surface area contributed by atoms with Crippen LogP contribution in [0.1, 0.15) is 20.8 Å². The number of hydrogen-bond acceptors (Lipinski definition) is 4. The average molecular weight is 380 g/mol. The number of benzene rings is 3. The molecule has 0 amide bonds. The standard InChI is InChI=1S/C22H22ClN3O/c1-4-24-19-13-21-20(12-17(19)23)25-18-10-7-14-11-15(26(5-2)6-3)8-9-16(14)22(18)27-21/h7-13H,4-6H2,1-3H3. The van der Waals surface area contributed by atoms with E-state index in [1.165, 1.54) is 5.69 Å². The Morgan fingerprint density at radius 3 is 2.59 bits per heavy atom. The molecule has 0 saturated carbocycles. The lowest BCUT2D eigenvalue weighted by molar-refractivity contribution is 0.615. The smallest absolute Gasteiger partial charge is 0.160 e. The van der Waals surface area contributed by atoms with Crippen molar-refractivity contribution in [2.75, 3.05) is 24.5 Å². The highest BCUT2D eigenvalue weighted by atomic mass is 35.5. The minimum Gasteiger partial charge on any atom is -0.452 e. The SMILES string of the molecule is CCN=c1cc2oc3c(ccc4cc(N(CC)CC)ccc43)nc-2cc1Cl. The molecule has 0 N–H and O–H groups in total. The Balaban J connectivity index is 1.97. The molecule has 0 fully saturated rings. The van der Waals surface area contributed by atoms with E-state index in [9.17, 15) is 0 Å². The zero-order valence-corrected chi connectivity index (χ0v) is 16.5. The molecule has 2 aliphatic rings. The third-order valence-corrected chi connectivity index (χ3v) is 5.17. The van der Waals surface area contributed by atoms with E-state index < -0.39 is 0 Å². The fourth-order valence-corrected chi connectivity index (χ4v) is 3.71. The second-order valence-electron chi connectivity index (χ2n) is 6.45. The molecule has 0 radical (unpaired) electrons. The van der Waals surface area contributed by atoms with E-state index in [0.717, 1.165) is 46.0 Å². The normalized spacial score (nSPS) is 12.4. The van der Waals surface area contributed by atoms with Crippen LogP contribution in [-0.4, -0.2) is 24.6 Å². The number of hydrogen-bond donors (Lipinski definition) is 0. The largest absolute Gasteiger partial charge is 0.452 e. The predicted octanol–water partition coefficient (Wildman–Crippen LogP) is 5.51. The summed E-state index contributed by atoms with van der Waals surface area (Å²) in [5.74, 6) is 0.694. The molecule has 0 saturated heterocycles. The lowest BCUT2D eigenvalue weighted by Crippen LogP contribution is -2.21. The average Bonchev–Trinajstić information content (AvgIpc) is 2.68. The molecule has 0 atom stereocenters. The molecule has 0 unspecified atom stereocenters. The van der Waals surface area contributed by atoms with Gasteiger partial charge in [-0.25, -0.2) is 4.98 Å². The van der Waals surface area contributed by atoms with Crippen LogP contribution in [0.25, 0.3) is 33.3 Å². The van der Waals surface area contributed by atoms with E-state index in [4.69, 9.17) is 21.0 Å². The Hall–Kier alpha value is -2.59. The van der Waals surface area contributed by atoms with Crippen LogP contribution in [0.5, 0.6) is 0 Å². The van der Waals surface area contributed by atoms with Crippen molar-refractivity contribution in [3.63, 3.8) is 0 Å². The van der Waals surface area contributed by atoms with Crippen LogP contribution in [0.2, 0.25) is 5.02 Å². The molecule has 27 heavy (non-hydrogen) atoms. The predicted molar refractivity (Wildman–Crippen MR) is 113 cm³/mol. The Labute approximate surface area is 163 Å². The maximum Gasteiger partial charge on any atom is 0.160 e. The summed E-state index contributed by atoms with van der Waals surface area (Å²) in [6.07, 6.45) is 0. The van der Waals surface area contributed by atoms with Crippen molar-refractivity contribution >= 4 is 39.2 Å². The summed E-state index contributed by atoms with van der Waals surface area (Å²) in [6.45, 7) is 8.96. The molecule has 0 spiro atoms. The lowest BCUT2D eigenvalue weighted by Gasteiger charge is -2.21. The minimum absolute atomic E-state index is 0.594. The van der Waals surface area contributed by atoms with Gasteiger partial charge in [-0.3, -0.25) is 4.99 Å². The maximum atomic E-state index is 6.32. The van der Waals surface area contributed by atoms with Gasteiger partial charge in [0.2, 0.25) is 0 Å². The molecule has 138 valence electrons. The molecule has 1 heterocycles. The van der Waals surface area contributed by atoms with Crippen LogP contribution >= 0.6 is 11.6 Å². The van der Waals surface area contributed by atoms with Gasteiger partial charge in [0.05, 0.1) is 10.4 Å². The zero-order valence-electron chi connectivity index (χ0n) is 15.8. The number of halogens is 1. The van der Waals surface area contributed by atoms with Gasteiger partial charge in [-0.15, -0.1) is 0 Å². The van der Waals surface area contributed by atoms with Crippen LogP contribution < -0.4 is 10.3 Å². The van der Waals surface area contributed by atoms with Crippen molar-refractivity contribution in [3.05, 3.63) is 52.8 Å². The molecule has 0 aromatic heterocycles. The Bertz CT molecular complexity index is 1160. The fourth-order valence-electron chi connectivity index (χ4n) is 3.49. The van der Waals surface area contributed by atoms with Crippen molar-refractivity contribution in [3.8, 4) is 11.5 Å². The zero-order chi connectivity index (χ0) is 19.0. The van der Waals surface area contributed by atoms with Gasteiger partial charge >= 0.3 is 0 Å². The van der Waals surface area contributed by atoms with E-state index >= 15 is 0 Å². The first kappa shape index (κ1) is 17.8. The number of rotatable bonds is 4. The molecule has 2 aromatic rings. The molecule has 1 aliphatic carbocycles. The van der Waals surface area contributed by atoms with Gasteiger partial charge in [0, 0.05) is 36.8 Å². The monoisotopic (exact) mass is 379 g/mol. The van der Waals surface area contributed by atoms with Gasteiger partial charge in [0.15, 0.2) is 11.3 Å². The molecule has 0 bridgehead atoms. The first-order chi connectivity index (χ1) is 13.1. The van der Waals surface area contributed by atoms with E-state index in [1.54, 1.807) is 0 Å². The number of nitrogens with zero attached hydrogens (tertiary/aromatic N) is 3. The van der Waals surface area contributed by atoms with Crippen molar-refractivity contribution < 1.29 is 4.42 Å². The van der Waals surface area contributed by atoms with Gasteiger partial charge < -0.3 is 9.32 Å². The van der Waals surface area contributed by atoms with Crippen molar-refractivity contribution in [1.82, 2.24) is 4.98 Å². The Morgan fingerprint density at radius 1 is 1.04 bits per heavy atom. The van der Waals surface area contributed by atoms with Crippen LogP contribution in [0.4, 0.5) is 5.69 Å². The fraction of sp³-hybridized carbons (Fsp3) is 0.273. The van der Waals surface area contributed by atoms with E-state index in [2.05, 4.69) is 48.0 Å². The highest BCUT2D eigenvalue weighted by Crippen LogP contribution is 2.32. The van der Waals surface area contributed by atoms with Crippen molar-refractivity contribution in [2.24, 2.45) is 4.99 Å². The van der Waals surface area contributed by atoms with Crippen LogP contribution in [-0.2, 0) is 0 Å². The molecule has 4 nitrogen and oxygen atoms in total. The summed E-state index contributed by atoms with van der Waals surface area (Å²) in [4.78, 5) is 11.5. The van der Waals surface area contributed by atoms with Crippen LogP contribution in [0, 0.1) is 0 Å². The topological polar surface area (TPSA) is 41.6 Å². The summed E-state index contributed by atoms with van der Waals surface area (Å²) in [7, 11) is 0. The second kappa shape index (κ2) is 7.20. The van der Waals surface area contributed by atoms with Crippen LogP contribution in [0.15, 0.2) is 51.9 Å².